The Balaban J connectivity index is 1.20. The Morgan fingerprint density at radius 2 is 1.77 bits per heavy atom. The van der Waals surface area contributed by atoms with Gasteiger partial charge >= 0.3 is 11.7 Å². The minimum absolute atomic E-state index is 0.0750. The van der Waals surface area contributed by atoms with Crippen molar-refractivity contribution in [2.75, 3.05) is 26.2 Å². The van der Waals surface area contributed by atoms with Crippen LogP contribution >= 0.6 is 0 Å². The van der Waals surface area contributed by atoms with Crippen LogP contribution in [0.2, 0.25) is 0 Å². The molecule has 0 unspecified atom stereocenters. The van der Waals surface area contributed by atoms with E-state index in [0.29, 0.717) is 45.3 Å². The molecule has 9 atom stereocenters. The first kappa shape index (κ1) is 28.2. The van der Waals surface area contributed by atoms with E-state index in [1.807, 2.05) is 6.07 Å². The van der Waals surface area contributed by atoms with Gasteiger partial charge in [-0.05, 0) is 99.0 Å². The second-order valence-electron chi connectivity index (χ2n) is 14.2. The van der Waals surface area contributed by atoms with Crippen LogP contribution in [-0.2, 0) is 0 Å². The van der Waals surface area contributed by atoms with E-state index in [1.165, 1.54) is 11.0 Å². The summed E-state index contributed by atoms with van der Waals surface area (Å²) < 4.78 is 5.20. The molecule has 9 nitrogen and oxygen atoms in total. The van der Waals surface area contributed by atoms with Gasteiger partial charge in [-0.1, -0.05) is 13.8 Å². The largest absolute Gasteiger partial charge is 0.465 e. The smallest absolute Gasteiger partial charge is 0.407 e. The molecule has 1 aromatic rings. The van der Waals surface area contributed by atoms with Crippen LogP contribution in [0, 0.1) is 22.7 Å². The summed E-state index contributed by atoms with van der Waals surface area (Å²) in [7, 11) is 0. The maximum absolute atomic E-state index is 12.5. The number of likely N-dealkylation sites (tertiary alicyclic amines) is 1. The van der Waals surface area contributed by atoms with Crippen LogP contribution in [0.15, 0.2) is 27.6 Å². The molecule has 5 fully saturated rings. The highest BCUT2D eigenvalue weighted by Gasteiger charge is 2.70. The van der Waals surface area contributed by atoms with Crippen LogP contribution in [0.4, 0.5) is 4.79 Å². The number of fused-ring (bicyclic) bond motifs is 5. The zero-order valence-corrected chi connectivity index (χ0v) is 23.9. The van der Waals surface area contributed by atoms with Crippen molar-refractivity contribution < 1.29 is 29.6 Å². The fourth-order valence-electron chi connectivity index (χ4n) is 10.3. The Labute approximate surface area is 236 Å². The molecule has 1 aromatic heterocycles. The third kappa shape index (κ3) is 4.17. The average Bonchev–Trinajstić information content (AvgIpc) is 3.44. The van der Waals surface area contributed by atoms with Gasteiger partial charge in [-0.25, -0.2) is 9.59 Å². The zero-order valence-electron chi connectivity index (χ0n) is 23.9. The molecule has 6 rings (SSSR count). The standard InChI is InChI=1S/C31H46N2O7/c1-28-10-5-21(33(27(36)37)16-15-32-14-9-22(34)18-32)17-30(28,38)12-7-25-24(28)6-11-29(2)23(8-13-31(25,29)39)20-3-4-26(35)40-19-20/h3-4,19,21-25,34,38-39H,5-18H2,1-2H3,(H,36,37)/t21-,22-,23+,24-,25+,28+,29+,30-,31-/m0/s1. The first-order valence-electron chi connectivity index (χ1n) is 15.3. The molecule has 4 aliphatic carbocycles. The highest BCUT2D eigenvalue weighted by atomic mass is 16.4. The Morgan fingerprint density at radius 1 is 1.02 bits per heavy atom. The van der Waals surface area contributed by atoms with Crippen molar-refractivity contribution in [2.45, 2.75) is 107 Å². The number of aliphatic hydroxyl groups is 3. The van der Waals surface area contributed by atoms with Crippen molar-refractivity contribution in [1.82, 2.24) is 9.80 Å². The van der Waals surface area contributed by atoms with Gasteiger partial charge in [0.1, 0.15) is 0 Å². The molecule has 0 bridgehead atoms. The minimum Gasteiger partial charge on any atom is -0.465 e. The summed E-state index contributed by atoms with van der Waals surface area (Å²) in [6, 6.07) is 3.08. The van der Waals surface area contributed by atoms with Crippen molar-refractivity contribution in [3.05, 3.63) is 34.4 Å². The van der Waals surface area contributed by atoms with Crippen molar-refractivity contribution in [2.24, 2.45) is 22.7 Å². The number of carbonyl (C=O) groups is 1. The third-order valence-corrected chi connectivity index (χ3v) is 12.7. The van der Waals surface area contributed by atoms with Gasteiger partial charge in [-0.15, -0.1) is 0 Å². The summed E-state index contributed by atoms with van der Waals surface area (Å²) in [6.07, 6.45) is 7.49. The molecule has 4 N–H and O–H groups in total. The topological polar surface area (TPSA) is 135 Å². The van der Waals surface area contributed by atoms with Crippen molar-refractivity contribution in [1.29, 1.82) is 0 Å². The number of β-amino-alcohol motifs (C(OH)–C–C–N with tert-alkyl or cyclic N) is 1. The Bertz CT molecular complexity index is 1170. The summed E-state index contributed by atoms with van der Waals surface area (Å²) in [5, 5.41) is 44.7. The molecule has 0 radical (unpaired) electrons. The summed E-state index contributed by atoms with van der Waals surface area (Å²) in [5.41, 5.74) is -1.93. The lowest BCUT2D eigenvalue weighted by atomic mass is 9.41. The van der Waals surface area contributed by atoms with E-state index < -0.39 is 17.3 Å². The minimum atomic E-state index is -0.973. The highest BCUT2D eigenvalue weighted by Crippen LogP contribution is 2.71. The first-order chi connectivity index (χ1) is 18.9. The van der Waals surface area contributed by atoms with Crippen LogP contribution in [0.25, 0.3) is 0 Å². The van der Waals surface area contributed by atoms with E-state index in [4.69, 9.17) is 4.42 Å². The van der Waals surface area contributed by atoms with Crippen LogP contribution in [0.3, 0.4) is 0 Å². The second-order valence-corrected chi connectivity index (χ2v) is 14.2. The summed E-state index contributed by atoms with van der Waals surface area (Å²) in [6.45, 7) is 6.75. The molecule has 4 saturated carbocycles. The molecule has 0 spiro atoms. The predicted octanol–water partition coefficient (Wildman–Crippen LogP) is 3.41. The lowest BCUT2D eigenvalue weighted by Gasteiger charge is -2.66. The monoisotopic (exact) mass is 558 g/mol. The summed E-state index contributed by atoms with van der Waals surface area (Å²) >= 11 is 0. The van der Waals surface area contributed by atoms with Gasteiger partial charge in [0, 0.05) is 43.7 Å². The van der Waals surface area contributed by atoms with Crippen molar-refractivity contribution in [3.8, 4) is 0 Å². The molecule has 40 heavy (non-hydrogen) atoms. The number of hydrogen-bond acceptors (Lipinski definition) is 7. The first-order valence-corrected chi connectivity index (χ1v) is 15.3. The van der Waals surface area contributed by atoms with Crippen LogP contribution in [0.1, 0.15) is 89.5 Å². The van der Waals surface area contributed by atoms with Gasteiger partial charge in [0.05, 0.1) is 23.6 Å². The number of hydrogen-bond donors (Lipinski definition) is 4. The molecule has 1 amide bonds. The van der Waals surface area contributed by atoms with E-state index in [9.17, 15) is 30.0 Å². The Hall–Kier alpha value is -1.94. The zero-order chi connectivity index (χ0) is 28.5. The predicted molar refractivity (Wildman–Crippen MR) is 148 cm³/mol. The number of carboxylic acid groups (broad SMARTS) is 1. The van der Waals surface area contributed by atoms with Crippen molar-refractivity contribution >= 4 is 6.09 Å². The Kier molecular flexibility index (Phi) is 6.92. The van der Waals surface area contributed by atoms with E-state index in [2.05, 4.69) is 18.7 Å². The van der Waals surface area contributed by atoms with E-state index in [1.54, 1.807) is 6.26 Å². The highest BCUT2D eigenvalue weighted by molar-refractivity contribution is 5.65. The maximum Gasteiger partial charge on any atom is 0.407 e. The van der Waals surface area contributed by atoms with Crippen LogP contribution in [0.5, 0.6) is 0 Å². The molecule has 2 heterocycles. The molecule has 0 aromatic carbocycles. The van der Waals surface area contributed by atoms with Gasteiger partial charge in [0.2, 0.25) is 0 Å². The van der Waals surface area contributed by atoms with Crippen LogP contribution < -0.4 is 5.63 Å². The number of aliphatic hydroxyl groups excluding tert-OH is 1. The quantitative estimate of drug-likeness (QED) is 0.432. The number of rotatable bonds is 5. The Morgan fingerprint density at radius 3 is 2.45 bits per heavy atom. The maximum atomic E-state index is 12.5. The molecule has 9 heteroatoms. The van der Waals surface area contributed by atoms with Gasteiger partial charge in [-0.2, -0.15) is 0 Å². The van der Waals surface area contributed by atoms with E-state index in [-0.39, 0.29) is 46.4 Å². The second kappa shape index (κ2) is 9.82. The van der Waals surface area contributed by atoms with Gasteiger partial charge in [0.15, 0.2) is 0 Å². The van der Waals surface area contributed by atoms with E-state index in [0.717, 1.165) is 50.6 Å². The van der Waals surface area contributed by atoms with Gasteiger partial charge in [0.25, 0.3) is 0 Å². The molecule has 1 saturated heterocycles. The fraction of sp³-hybridized carbons (Fsp3) is 0.806. The molecular formula is C31H46N2O7. The van der Waals surface area contributed by atoms with E-state index >= 15 is 0 Å². The molecule has 5 aliphatic rings. The van der Waals surface area contributed by atoms with Crippen LogP contribution in [-0.4, -0.2) is 85.8 Å². The fourth-order valence-corrected chi connectivity index (χ4v) is 10.3. The number of amides is 1. The average molecular weight is 559 g/mol. The van der Waals surface area contributed by atoms with Gasteiger partial charge in [-0.3, -0.25) is 4.90 Å². The third-order valence-electron chi connectivity index (χ3n) is 12.7. The summed E-state index contributed by atoms with van der Waals surface area (Å²) in [4.78, 5) is 27.5. The lowest BCUT2D eigenvalue weighted by Crippen LogP contribution is -2.68. The molecule has 1 aliphatic heterocycles. The molecular weight excluding hydrogens is 512 g/mol. The van der Waals surface area contributed by atoms with Gasteiger partial charge < -0.3 is 29.7 Å². The normalized spacial score (nSPS) is 45.0. The number of nitrogens with zero attached hydrogens (tertiary/aromatic N) is 2. The summed E-state index contributed by atoms with van der Waals surface area (Å²) in [5.74, 6) is 0.362. The van der Waals surface area contributed by atoms with Crippen molar-refractivity contribution in [3.63, 3.8) is 0 Å². The SMILES string of the molecule is C[C@]12CC[C@H](N(CCN3CC[C@H](O)C3)C(=O)O)C[C@@]1(O)CC[C@@H]1[C@@H]2CC[C@]2(C)[C@@H](c3ccc(=O)oc3)CC[C@]12O. The lowest BCUT2D eigenvalue weighted by molar-refractivity contribution is -0.249. The molecule has 222 valence electrons.